The number of hydrogen-bond acceptors (Lipinski definition) is 4. The number of aromatic carboxylic acids is 1. The van der Waals surface area contributed by atoms with Gasteiger partial charge in [0.25, 0.3) is 0 Å². The molecule has 0 aliphatic carbocycles. The SMILES string of the molecule is COc1cccc(OCc2cnn(C(C)C)c2C(=O)O)c1. The molecule has 0 saturated carbocycles. The van der Waals surface area contributed by atoms with E-state index in [0.29, 0.717) is 17.1 Å². The van der Waals surface area contributed by atoms with Gasteiger partial charge in [-0.2, -0.15) is 5.10 Å². The minimum Gasteiger partial charge on any atom is -0.497 e. The van der Waals surface area contributed by atoms with Crippen LogP contribution in [0.15, 0.2) is 30.5 Å². The molecule has 0 amide bonds. The van der Waals surface area contributed by atoms with Gasteiger partial charge in [-0.25, -0.2) is 4.79 Å². The maximum Gasteiger partial charge on any atom is 0.354 e. The van der Waals surface area contributed by atoms with E-state index in [1.165, 1.54) is 10.9 Å². The van der Waals surface area contributed by atoms with Crippen LogP contribution >= 0.6 is 0 Å². The lowest BCUT2D eigenvalue weighted by Crippen LogP contribution is -2.14. The highest BCUT2D eigenvalue weighted by Crippen LogP contribution is 2.21. The van der Waals surface area contributed by atoms with Crippen LogP contribution in [0.5, 0.6) is 11.5 Å². The molecular weight excluding hydrogens is 272 g/mol. The van der Waals surface area contributed by atoms with Crippen LogP contribution in [-0.4, -0.2) is 28.0 Å². The summed E-state index contributed by atoms with van der Waals surface area (Å²) in [6.45, 7) is 3.90. The van der Waals surface area contributed by atoms with E-state index in [2.05, 4.69) is 5.10 Å². The summed E-state index contributed by atoms with van der Waals surface area (Å²) >= 11 is 0. The van der Waals surface area contributed by atoms with Crippen molar-refractivity contribution in [3.8, 4) is 11.5 Å². The van der Waals surface area contributed by atoms with E-state index >= 15 is 0 Å². The highest BCUT2D eigenvalue weighted by Gasteiger charge is 2.19. The van der Waals surface area contributed by atoms with Crippen LogP contribution in [-0.2, 0) is 6.61 Å². The molecule has 1 aromatic heterocycles. The molecule has 0 unspecified atom stereocenters. The van der Waals surface area contributed by atoms with Gasteiger partial charge in [0.15, 0.2) is 5.69 Å². The molecule has 0 aliphatic rings. The largest absolute Gasteiger partial charge is 0.497 e. The van der Waals surface area contributed by atoms with Crippen LogP contribution in [0.25, 0.3) is 0 Å². The molecule has 0 bridgehead atoms. The minimum atomic E-state index is -1.01. The third-order valence-corrected chi connectivity index (χ3v) is 3.00. The first-order chi connectivity index (χ1) is 10.0. The number of rotatable bonds is 6. The Kier molecular flexibility index (Phi) is 4.47. The number of nitrogens with zero attached hydrogens (tertiary/aromatic N) is 2. The van der Waals surface area contributed by atoms with E-state index in [9.17, 15) is 9.90 Å². The number of benzene rings is 1. The van der Waals surface area contributed by atoms with Gasteiger partial charge in [-0.1, -0.05) is 6.07 Å². The molecule has 112 valence electrons. The summed E-state index contributed by atoms with van der Waals surface area (Å²) in [7, 11) is 1.58. The quantitative estimate of drug-likeness (QED) is 0.885. The fraction of sp³-hybridized carbons (Fsp3) is 0.333. The Morgan fingerprint density at radius 1 is 1.38 bits per heavy atom. The zero-order valence-electron chi connectivity index (χ0n) is 12.2. The van der Waals surface area contributed by atoms with Crippen molar-refractivity contribution in [2.24, 2.45) is 0 Å². The molecule has 1 heterocycles. The lowest BCUT2D eigenvalue weighted by Gasteiger charge is -2.10. The van der Waals surface area contributed by atoms with Crippen LogP contribution in [0.2, 0.25) is 0 Å². The highest BCUT2D eigenvalue weighted by molar-refractivity contribution is 5.87. The van der Waals surface area contributed by atoms with Crippen molar-refractivity contribution in [3.63, 3.8) is 0 Å². The van der Waals surface area contributed by atoms with Crippen molar-refractivity contribution in [1.29, 1.82) is 0 Å². The molecule has 0 spiro atoms. The highest BCUT2D eigenvalue weighted by atomic mass is 16.5. The number of carboxylic acid groups (broad SMARTS) is 1. The van der Waals surface area contributed by atoms with Crippen molar-refractivity contribution in [2.45, 2.75) is 26.5 Å². The Morgan fingerprint density at radius 2 is 2.10 bits per heavy atom. The van der Waals surface area contributed by atoms with Crippen LogP contribution in [0, 0.1) is 0 Å². The summed E-state index contributed by atoms with van der Waals surface area (Å²) in [6, 6.07) is 7.13. The van der Waals surface area contributed by atoms with Crippen LogP contribution in [0.1, 0.15) is 35.9 Å². The van der Waals surface area contributed by atoms with Crippen molar-refractivity contribution in [2.75, 3.05) is 7.11 Å². The second kappa shape index (κ2) is 6.30. The maximum absolute atomic E-state index is 11.4. The first-order valence-corrected chi connectivity index (χ1v) is 6.59. The third kappa shape index (κ3) is 3.34. The Labute approximate surface area is 122 Å². The first-order valence-electron chi connectivity index (χ1n) is 6.59. The van der Waals surface area contributed by atoms with E-state index in [1.54, 1.807) is 19.2 Å². The van der Waals surface area contributed by atoms with Crippen LogP contribution < -0.4 is 9.47 Å². The molecule has 2 aromatic rings. The Balaban J connectivity index is 2.18. The number of hydrogen-bond donors (Lipinski definition) is 1. The molecule has 2 rings (SSSR count). The molecule has 0 saturated heterocycles. The van der Waals surface area contributed by atoms with Crippen LogP contribution in [0.3, 0.4) is 0 Å². The molecule has 0 aliphatic heterocycles. The summed E-state index contributed by atoms with van der Waals surface area (Å²) in [5, 5.41) is 13.4. The van der Waals surface area contributed by atoms with E-state index in [-0.39, 0.29) is 18.3 Å². The zero-order chi connectivity index (χ0) is 15.4. The second-order valence-corrected chi connectivity index (χ2v) is 4.83. The predicted octanol–water partition coefficient (Wildman–Crippen LogP) is 2.75. The predicted molar refractivity (Wildman–Crippen MR) is 76.9 cm³/mol. The van der Waals surface area contributed by atoms with Crippen molar-refractivity contribution in [3.05, 3.63) is 41.7 Å². The lowest BCUT2D eigenvalue weighted by molar-refractivity contribution is 0.0678. The van der Waals surface area contributed by atoms with Gasteiger partial charge in [-0.3, -0.25) is 4.68 Å². The number of ether oxygens (including phenoxy) is 2. The standard InChI is InChI=1S/C15H18N2O4/c1-10(2)17-14(15(18)19)11(8-16-17)9-21-13-6-4-5-12(7-13)20-3/h4-8,10H,9H2,1-3H3,(H,18,19). The average Bonchev–Trinajstić information content (AvgIpc) is 2.89. The monoisotopic (exact) mass is 290 g/mol. The van der Waals surface area contributed by atoms with Crippen LogP contribution in [0.4, 0.5) is 0 Å². The molecule has 1 aromatic carbocycles. The topological polar surface area (TPSA) is 73.6 Å². The van der Waals surface area contributed by atoms with E-state index in [1.807, 2.05) is 26.0 Å². The van der Waals surface area contributed by atoms with Crippen molar-refractivity contribution < 1.29 is 19.4 Å². The third-order valence-electron chi connectivity index (χ3n) is 3.00. The Hall–Kier alpha value is -2.50. The molecule has 1 N–H and O–H groups in total. The fourth-order valence-electron chi connectivity index (χ4n) is 1.98. The first kappa shape index (κ1) is 14.9. The summed E-state index contributed by atoms with van der Waals surface area (Å²) in [5.74, 6) is 0.289. The van der Waals surface area contributed by atoms with Gasteiger partial charge in [0, 0.05) is 17.7 Å². The summed E-state index contributed by atoms with van der Waals surface area (Å²) in [5.41, 5.74) is 0.701. The number of carboxylic acids is 1. The fourth-order valence-corrected chi connectivity index (χ4v) is 1.98. The molecule has 0 atom stereocenters. The van der Waals surface area contributed by atoms with E-state index < -0.39 is 5.97 Å². The van der Waals surface area contributed by atoms with Gasteiger partial charge in [-0.05, 0) is 26.0 Å². The molecular formula is C15H18N2O4. The van der Waals surface area contributed by atoms with Gasteiger partial charge < -0.3 is 14.6 Å². The van der Waals surface area contributed by atoms with Gasteiger partial charge in [0.1, 0.15) is 18.1 Å². The number of aromatic nitrogens is 2. The summed E-state index contributed by atoms with van der Waals surface area (Å²) < 4.78 is 12.2. The number of methoxy groups -OCH3 is 1. The molecule has 21 heavy (non-hydrogen) atoms. The van der Waals surface area contributed by atoms with Gasteiger partial charge in [0.2, 0.25) is 0 Å². The molecule has 0 fully saturated rings. The van der Waals surface area contributed by atoms with Crippen molar-refractivity contribution in [1.82, 2.24) is 9.78 Å². The van der Waals surface area contributed by atoms with Gasteiger partial charge >= 0.3 is 5.97 Å². The van der Waals surface area contributed by atoms with Gasteiger partial charge in [-0.15, -0.1) is 0 Å². The van der Waals surface area contributed by atoms with E-state index in [0.717, 1.165) is 0 Å². The molecule has 6 nitrogen and oxygen atoms in total. The van der Waals surface area contributed by atoms with E-state index in [4.69, 9.17) is 9.47 Å². The maximum atomic E-state index is 11.4. The number of carbonyl (C=O) groups is 1. The average molecular weight is 290 g/mol. The zero-order valence-corrected chi connectivity index (χ0v) is 12.2. The second-order valence-electron chi connectivity index (χ2n) is 4.83. The smallest absolute Gasteiger partial charge is 0.354 e. The minimum absolute atomic E-state index is 0.0262. The summed E-state index contributed by atoms with van der Waals surface area (Å²) in [4.78, 5) is 11.4. The molecule has 6 heteroatoms. The normalized spacial score (nSPS) is 10.7. The lowest BCUT2D eigenvalue weighted by atomic mass is 10.2. The Morgan fingerprint density at radius 3 is 2.71 bits per heavy atom. The van der Waals surface area contributed by atoms with Gasteiger partial charge in [0.05, 0.1) is 13.3 Å². The molecule has 0 radical (unpaired) electrons. The summed E-state index contributed by atoms with van der Waals surface area (Å²) in [6.07, 6.45) is 1.53. The van der Waals surface area contributed by atoms with Crippen molar-refractivity contribution >= 4 is 5.97 Å². The Bertz CT molecular complexity index is 634.